The monoisotopic (exact) mass is 377 g/mol. The molecule has 0 saturated carbocycles. The fourth-order valence-electron chi connectivity index (χ4n) is 3.16. The van der Waals surface area contributed by atoms with Crippen LogP contribution in [0.1, 0.15) is 35.2 Å². The summed E-state index contributed by atoms with van der Waals surface area (Å²) in [7, 11) is 1.34. The molecule has 28 heavy (non-hydrogen) atoms. The predicted octanol–water partition coefficient (Wildman–Crippen LogP) is 1.87. The molecule has 1 N–H and O–H groups in total. The molecule has 2 atom stereocenters. The molecule has 0 bridgehead atoms. The van der Waals surface area contributed by atoms with Crippen LogP contribution >= 0.6 is 0 Å². The molecule has 0 aliphatic carbocycles. The zero-order chi connectivity index (χ0) is 20.3. The van der Waals surface area contributed by atoms with Gasteiger partial charge in [-0.3, -0.25) is 14.6 Å². The van der Waals surface area contributed by atoms with E-state index in [9.17, 15) is 14.0 Å². The predicted molar refractivity (Wildman–Crippen MR) is 97.8 cm³/mol. The molecule has 2 aromatic rings. The summed E-state index contributed by atoms with van der Waals surface area (Å²) in [6.45, 7) is 1.62. The quantitative estimate of drug-likeness (QED) is 0.649. The molecular formula is C21H16FN3O3. The number of rotatable bonds is 4. The lowest BCUT2D eigenvalue weighted by Crippen LogP contribution is -2.31. The maximum Gasteiger partial charge on any atom is 0.236 e. The Morgan fingerprint density at radius 2 is 2.07 bits per heavy atom. The van der Waals surface area contributed by atoms with Crippen molar-refractivity contribution < 1.29 is 18.7 Å². The van der Waals surface area contributed by atoms with Crippen molar-refractivity contribution in [3.63, 3.8) is 0 Å². The summed E-state index contributed by atoms with van der Waals surface area (Å²) >= 11 is 0. The number of hydrogen-bond donors (Lipinski definition) is 1. The number of hydrogen-bond acceptors (Lipinski definition) is 5. The number of benzene rings is 1. The average Bonchev–Trinajstić information content (AvgIpc) is 2.95. The first-order valence-corrected chi connectivity index (χ1v) is 8.47. The average molecular weight is 377 g/mol. The van der Waals surface area contributed by atoms with E-state index in [-0.39, 0.29) is 17.7 Å². The molecule has 2 unspecified atom stereocenters. The summed E-state index contributed by atoms with van der Waals surface area (Å²) < 4.78 is 20.0. The van der Waals surface area contributed by atoms with Gasteiger partial charge in [-0.2, -0.15) is 5.26 Å². The molecule has 1 fully saturated rings. The number of ether oxygens (including phenoxy) is 1. The Balaban J connectivity index is 1.91. The van der Waals surface area contributed by atoms with Crippen molar-refractivity contribution in [3.05, 3.63) is 58.7 Å². The summed E-state index contributed by atoms with van der Waals surface area (Å²) in [5.41, 5.74) is 1.23. The minimum Gasteiger partial charge on any atom is -0.496 e. The van der Waals surface area contributed by atoms with E-state index >= 15 is 0 Å². The molecule has 0 radical (unpaired) electrons. The molecular weight excluding hydrogens is 361 g/mol. The van der Waals surface area contributed by atoms with Gasteiger partial charge in [-0.25, -0.2) is 4.39 Å². The molecule has 6 nitrogen and oxygen atoms in total. The molecule has 2 heterocycles. The number of pyridine rings is 1. The number of methoxy groups -OCH3 is 1. The Labute approximate surface area is 161 Å². The SMILES string of the molecule is CC#Cc1cc(F)c(C2C(=O)NC(Cc3ccc(C#N)cn3)C2=O)c(OC)c1. The van der Waals surface area contributed by atoms with Crippen LogP contribution < -0.4 is 10.1 Å². The van der Waals surface area contributed by atoms with Crippen molar-refractivity contribution in [1.82, 2.24) is 10.3 Å². The van der Waals surface area contributed by atoms with Crippen LogP contribution in [0.5, 0.6) is 5.75 Å². The van der Waals surface area contributed by atoms with E-state index in [0.29, 0.717) is 16.8 Å². The summed E-state index contributed by atoms with van der Waals surface area (Å²) in [4.78, 5) is 29.4. The van der Waals surface area contributed by atoms with Crippen LogP contribution in [-0.2, 0) is 16.0 Å². The molecule has 1 aliphatic heterocycles. The number of nitrogens with one attached hydrogen (secondary N) is 1. The lowest BCUT2D eigenvalue weighted by Gasteiger charge is -2.14. The molecule has 1 aromatic heterocycles. The number of nitrogens with zero attached hydrogens (tertiary/aromatic N) is 2. The summed E-state index contributed by atoms with van der Waals surface area (Å²) in [6, 6.07) is 7.01. The maximum atomic E-state index is 14.7. The first kappa shape index (κ1) is 19.1. The van der Waals surface area contributed by atoms with Crippen LogP contribution in [0.4, 0.5) is 4.39 Å². The number of nitriles is 1. The van der Waals surface area contributed by atoms with Gasteiger partial charge in [0.15, 0.2) is 5.78 Å². The first-order valence-electron chi connectivity index (χ1n) is 8.47. The van der Waals surface area contributed by atoms with Crippen LogP contribution in [0.15, 0.2) is 30.5 Å². The lowest BCUT2D eigenvalue weighted by molar-refractivity contribution is -0.124. The van der Waals surface area contributed by atoms with Gasteiger partial charge in [0, 0.05) is 29.4 Å². The minimum absolute atomic E-state index is 0.0954. The second-order valence-electron chi connectivity index (χ2n) is 6.20. The molecule has 3 rings (SSSR count). The third kappa shape index (κ3) is 3.56. The Hall–Kier alpha value is -3.71. The Bertz CT molecular complexity index is 1050. The normalized spacial score (nSPS) is 18.1. The third-order valence-corrected chi connectivity index (χ3v) is 4.44. The highest BCUT2D eigenvalue weighted by molar-refractivity contribution is 6.15. The van der Waals surface area contributed by atoms with Crippen molar-refractivity contribution in [2.75, 3.05) is 7.11 Å². The summed E-state index contributed by atoms with van der Waals surface area (Å²) in [5.74, 6) is 2.43. The number of aromatic nitrogens is 1. The number of carbonyl (C=O) groups excluding carboxylic acids is 2. The van der Waals surface area contributed by atoms with Crippen molar-refractivity contribution in [2.45, 2.75) is 25.3 Å². The minimum atomic E-state index is -1.30. The van der Waals surface area contributed by atoms with E-state index in [1.807, 2.05) is 6.07 Å². The molecule has 7 heteroatoms. The van der Waals surface area contributed by atoms with Crippen LogP contribution in [-0.4, -0.2) is 29.8 Å². The van der Waals surface area contributed by atoms with Gasteiger partial charge in [0.2, 0.25) is 5.91 Å². The van der Waals surface area contributed by atoms with Gasteiger partial charge in [0.05, 0.1) is 18.7 Å². The summed E-state index contributed by atoms with van der Waals surface area (Å²) in [6.07, 6.45) is 1.54. The smallest absolute Gasteiger partial charge is 0.236 e. The number of amides is 1. The van der Waals surface area contributed by atoms with Crippen LogP contribution in [0, 0.1) is 29.0 Å². The first-order chi connectivity index (χ1) is 13.5. The maximum absolute atomic E-state index is 14.7. The Kier molecular flexibility index (Phi) is 5.37. The number of carbonyl (C=O) groups is 2. The standard InChI is InChI=1S/C21H16FN3O3/c1-3-4-12-7-15(22)18(17(8-12)28-2)19-20(26)16(25-21(19)27)9-14-6-5-13(10-23)11-24-14/h5-8,11,16,19H,9H2,1-2H3,(H,25,27). The van der Waals surface area contributed by atoms with E-state index in [4.69, 9.17) is 10.00 Å². The van der Waals surface area contributed by atoms with Crippen molar-refractivity contribution in [2.24, 2.45) is 0 Å². The van der Waals surface area contributed by atoms with E-state index in [0.717, 1.165) is 0 Å². The highest BCUT2D eigenvalue weighted by Gasteiger charge is 2.44. The van der Waals surface area contributed by atoms with Crippen LogP contribution in [0.2, 0.25) is 0 Å². The molecule has 1 amide bonds. The van der Waals surface area contributed by atoms with Crippen LogP contribution in [0.25, 0.3) is 0 Å². The van der Waals surface area contributed by atoms with Crippen molar-refractivity contribution in [3.8, 4) is 23.7 Å². The molecule has 1 aromatic carbocycles. The van der Waals surface area contributed by atoms with Gasteiger partial charge < -0.3 is 10.1 Å². The third-order valence-electron chi connectivity index (χ3n) is 4.44. The van der Waals surface area contributed by atoms with E-state index in [1.54, 1.807) is 19.1 Å². The van der Waals surface area contributed by atoms with Gasteiger partial charge in [-0.1, -0.05) is 5.92 Å². The molecule has 1 aliphatic rings. The molecule has 1 saturated heterocycles. The van der Waals surface area contributed by atoms with E-state index in [2.05, 4.69) is 22.1 Å². The number of ketones is 1. The van der Waals surface area contributed by atoms with E-state index in [1.165, 1.54) is 25.4 Å². The largest absolute Gasteiger partial charge is 0.496 e. The van der Waals surface area contributed by atoms with Gasteiger partial charge in [0.25, 0.3) is 0 Å². The van der Waals surface area contributed by atoms with Crippen molar-refractivity contribution >= 4 is 11.7 Å². The highest BCUT2D eigenvalue weighted by atomic mass is 19.1. The van der Waals surface area contributed by atoms with Gasteiger partial charge in [-0.15, -0.1) is 5.92 Å². The molecule has 0 spiro atoms. The zero-order valence-corrected chi connectivity index (χ0v) is 15.2. The summed E-state index contributed by atoms with van der Waals surface area (Å²) in [5, 5.41) is 11.4. The topological polar surface area (TPSA) is 92.1 Å². The lowest BCUT2D eigenvalue weighted by atomic mass is 9.91. The van der Waals surface area contributed by atoms with Gasteiger partial charge in [0.1, 0.15) is 23.6 Å². The van der Waals surface area contributed by atoms with E-state index < -0.39 is 29.5 Å². The fraction of sp³-hybridized carbons (Fsp3) is 0.238. The second-order valence-corrected chi connectivity index (χ2v) is 6.20. The van der Waals surface area contributed by atoms with Crippen molar-refractivity contribution in [1.29, 1.82) is 5.26 Å². The number of Topliss-reactive ketones (excluding diaryl/α,β-unsaturated/α-hetero) is 1. The van der Waals surface area contributed by atoms with Gasteiger partial charge >= 0.3 is 0 Å². The highest BCUT2D eigenvalue weighted by Crippen LogP contribution is 2.35. The zero-order valence-electron chi connectivity index (χ0n) is 15.2. The Morgan fingerprint density at radius 1 is 1.29 bits per heavy atom. The van der Waals surface area contributed by atoms with Crippen LogP contribution in [0.3, 0.4) is 0 Å². The Morgan fingerprint density at radius 3 is 2.68 bits per heavy atom. The second kappa shape index (κ2) is 7.89. The van der Waals surface area contributed by atoms with Gasteiger partial charge in [-0.05, 0) is 31.2 Å². The number of halogens is 1. The fourth-order valence-corrected chi connectivity index (χ4v) is 3.16. The molecule has 140 valence electrons.